The molecule has 1 amide bonds. The lowest BCUT2D eigenvalue weighted by Gasteiger charge is -2.33. The highest BCUT2D eigenvalue weighted by molar-refractivity contribution is 5.73. The molecule has 0 aliphatic carbocycles. The highest BCUT2D eigenvalue weighted by Gasteiger charge is 2.20. The lowest BCUT2D eigenvalue weighted by molar-refractivity contribution is -0.131. The van der Waals surface area contributed by atoms with Gasteiger partial charge in [0.15, 0.2) is 0 Å². The number of carbonyl (C=O) groups is 1. The molecule has 0 aromatic rings. The molecule has 1 rings (SSSR count). The number of piperidine rings is 1. The molecular formula is C11H24N2O. The zero-order valence-corrected chi connectivity index (χ0v) is 9.97. The molecule has 0 radical (unpaired) electrons. The van der Waals surface area contributed by atoms with Crippen LogP contribution in [0.25, 0.3) is 0 Å². The van der Waals surface area contributed by atoms with Crippen LogP contribution in [0.1, 0.15) is 40.5 Å². The Hall–Kier alpha value is -0.570. The first kappa shape index (κ1) is 13.4. The van der Waals surface area contributed by atoms with Crippen molar-refractivity contribution in [3.63, 3.8) is 0 Å². The predicted molar refractivity (Wildman–Crippen MR) is 60.3 cm³/mol. The largest absolute Gasteiger partial charge is 0.340 e. The molecule has 0 bridgehead atoms. The first-order valence-electron chi connectivity index (χ1n) is 5.73. The summed E-state index contributed by atoms with van der Waals surface area (Å²) in [5.74, 6) is 0.212. The van der Waals surface area contributed by atoms with Crippen molar-refractivity contribution < 1.29 is 4.79 Å². The Kier molecular flexibility index (Phi) is 7.48. The predicted octanol–water partition coefficient (Wildman–Crippen LogP) is 1.63. The third kappa shape index (κ3) is 4.09. The Balaban J connectivity index is 0.000000791. The van der Waals surface area contributed by atoms with Gasteiger partial charge in [0.05, 0.1) is 0 Å². The van der Waals surface area contributed by atoms with Gasteiger partial charge in [-0.1, -0.05) is 13.8 Å². The third-order valence-electron chi connectivity index (χ3n) is 2.49. The van der Waals surface area contributed by atoms with E-state index in [1.54, 1.807) is 6.92 Å². The molecule has 1 fully saturated rings. The summed E-state index contributed by atoms with van der Waals surface area (Å²) in [5, 5.41) is 3.29. The standard InChI is InChI=1S/C9H18N2O.C2H6/c1-3-11(8(2)12)9-4-6-10-7-5-9;1-2/h9-10H,3-7H2,1-2H3;1-2H3. The third-order valence-corrected chi connectivity index (χ3v) is 2.49. The van der Waals surface area contributed by atoms with E-state index in [1.165, 1.54) is 0 Å². The minimum Gasteiger partial charge on any atom is -0.340 e. The number of rotatable bonds is 2. The maximum absolute atomic E-state index is 11.2. The fraction of sp³-hybridized carbons (Fsp3) is 0.909. The molecule has 14 heavy (non-hydrogen) atoms. The van der Waals surface area contributed by atoms with Gasteiger partial charge in [-0.15, -0.1) is 0 Å². The molecule has 3 nitrogen and oxygen atoms in total. The molecular weight excluding hydrogens is 176 g/mol. The summed E-state index contributed by atoms with van der Waals surface area (Å²) >= 11 is 0. The van der Waals surface area contributed by atoms with Crippen molar-refractivity contribution in [1.82, 2.24) is 10.2 Å². The van der Waals surface area contributed by atoms with Crippen LogP contribution in [0.2, 0.25) is 0 Å². The van der Waals surface area contributed by atoms with Crippen molar-refractivity contribution >= 4 is 5.91 Å². The number of hydrogen-bond acceptors (Lipinski definition) is 2. The summed E-state index contributed by atoms with van der Waals surface area (Å²) in [6, 6.07) is 0.480. The lowest BCUT2D eigenvalue weighted by Crippen LogP contribution is -2.45. The minimum absolute atomic E-state index is 0.212. The van der Waals surface area contributed by atoms with E-state index in [0.717, 1.165) is 32.5 Å². The molecule has 1 aliphatic heterocycles. The fourth-order valence-electron chi connectivity index (χ4n) is 1.86. The van der Waals surface area contributed by atoms with Crippen LogP contribution in [0.5, 0.6) is 0 Å². The summed E-state index contributed by atoms with van der Waals surface area (Å²) in [4.78, 5) is 13.2. The van der Waals surface area contributed by atoms with E-state index in [-0.39, 0.29) is 5.91 Å². The van der Waals surface area contributed by atoms with Crippen LogP contribution in [-0.2, 0) is 4.79 Å². The van der Waals surface area contributed by atoms with Crippen LogP contribution in [-0.4, -0.2) is 36.5 Å². The smallest absolute Gasteiger partial charge is 0.219 e. The first-order valence-corrected chi connectivity index (χ1v) is 5.73. The molecule has 84 valence electrons. The van der Waals surface area contributed by atoms with Crippen LogP contribution in [0, 0.1) is 0 Å². The SMILES string of the molecule is CC.CCN(C(C)=O)C1CCNCC1. The van der Waals surface area contributed by atoms with Crippen LogP contribution >= 0.6 is 0 Å². The van der Waals surface area contributed by atoms with Crippen LogP contribution in [0.4, 0.5) is 0 Å². The molecule has 0 spiro atoms. The second-order valence-electron chi connectivity index (χ2n) is 3.29. The molecule has 1 saturated heterocycles. The van der Waals surface area contributed by atoms with Crippen LogP contribution in [0.15, 0.2) is 0 Å². The van der Waals surface area contributed by atoms with Gasteiger partial charge < -0.3 is 10.2 Å². The highest BCUT2D eigenvalue weighted by atomic mass is 16.2. The highest BCUT2D eigenvalue weighted by Crippen LogP contribution is 2.11. The van der Waals surface area contributed by atoms with Gasteiger partial charge in [0, 0.05) is 19.5 Å². The van der Waals surface area contributed by atoms with Gasteiger partial charge in [-0.3, -0.25) is 4.79 Å². The monoisotopic (exact) mass is 200 g/mol. The Bertz CT molecular complexity index is 153. The summed E-state index contributed by atoms with van der Waals surface area (Å²) in [6.45, 7) is 10.7. The summed E-state index contributed by atoms with van der Waals surface area (Å²) in [5.41, 5.74) is 0. The molecule has 1 N–H and O–H groups in total. The van der Waals surface area contributed by atoms with Crippen LogP contribution in [0.3, 0.4) is 0 Å². The minimum atomic E-state index is 0.212. The number of amides is 1. The van der Waals surface area contributed by atoms with Gasteiger partial charge in [0.1, 0.15) is 0 Å². The van der Waals surface area contributed by atoms with Gasteiger partial charge in [0.2, 0.25) is 5.91 Å². The normalized spacial score (nSPS) is 16.9. The van der Waals surface area contributed by atoms with Crippen molar-refractivity contribution in [3.05, 3.63) is 0 Å². The van der Waals surface area contributed by atoms with Crippen LogP contribution < -0.4 is 5.32 Å². The van der Waals surface area contributed by atoms with E-state index in [2.05, 4.69) is 5.32 Å². The molecule has 0 aromatic carbocycles. The van der Waals surface area contributed by atoms with E-state index < -0.39 is 0 Å². The van der Waals surface area contributed by atoms with E-state index in [9.17, 15) is 4.79 Å². The number of nitrogens with zero attached hydrogens (tertiary/aromatic N) is 1. The van der Waals surface area contributed by atoms with Gasteiger partial charge >= 0.3 is 0 Å². The van der Waals surface area contributed by atoms with Crippen molar-refractivity contribution in [2.24, 2.45) is 0 Å². The fourth-order valence-corrected chi connectivity index (χ4v) is 1.86. The molecule has 0 saturated carbocycles. The van der Waals surface area contributed by atoms with E-state index in [0.29, 0.717) is 6.04 Å². The molecule has 1 aliphatic rings. The topological polar surface area (TPSA) is 32.3 Å². The maximum atomic E-state index is 11.2. The van der Waals surface area contributed by atoms with Crippen molar-refractivity contribution in [3.8, 4) is 0 Å². The molecule has 3 heteroatoms. The quantitative estimate of drug-likeness (QED) is 0.735. The summed E-state index contributed by atoms with van der Waals surface area (Å²) in [7, 11) is 0. The molecule has 0 unspecified atom stereocenters. The van der Waals surface area contributed by atoms with Crippen molar-refractivity contribution in [1.29, 1.82) is 0 Å². The molecule has 1 heterocycles. The Morgan fingerprint density at radius 2 is 1.86 bits per heavy atom. The van der Waals surface area contributed by atoms with E-state index >= 15 is 0 Å². The first-order chi connectivity index (χ1) is 6.75. The Morgan fingerprint density at radius 1 is 1.36 bits per heavy atom. The number of carbonyl (C=O) groups excluding carboxylic acids is 1. The van der Waals surface area contributed by atoms with Gasteiger partial charge in [0.25, 0.3) is 0 Å². The van der Waals surface area contributed by atoms with Gasteiger partial charge in [-0.25, -0.2) is 0 Å². The van der Waals surface area contributed by atoms with Gasteiger partial charge in [-0.05, 0) is 32.9 Å². The van der Waals surface area contributed by atoms with E-state index in [4.69, 9.17) is 0 Å². The summed E-state index contributed by atoms with van der Waals surface area (Å²) < 4.78 is 0. The average molecular weight is 200 g/mol. The van der Waals surface area contributed by atoms with Crippen molar-refractivity contribution in [2.45, 2.75) is 46.6 Å². The average Bonchev–Trinajstić information content (AvgIpc) is 2.23. The molecule has 0 aromatic heterocycles. The maximum Gasteiger partial charge on any atom is 0.219 e. The zero-order valence-electron chi connectivity index (χ0n) is 9.97. The Morgan fingerprint density at radius 3 is 2.21 bits per heavy atom. The zero-order chi connectivity index (χ0) is 11.0. The Labute approximate surface area is 87.9 Å². The van der Waals surface area contributed by atoms with Crippen molar-refractivity contribution in [2.75, 3.05) is 19.6 Å². The number of hydrogen-bond donors (Lipinski definition) is 1. The van der Waals surface area contributed by atoms with Gasteiger partial charge in [-0.2, -0.15) is 0 Å². The summed E-state index contributed by atoms with van der Waals surface area (Å²) in [6.07, 6.45) is 2.21. The number of nitrogens with one attached hydrogen (secondary N) is 1. The second kappa shape index (κ2) is 7.80. The second-order valence-corrected chi connectivity index (χ2v) is 3.29. The molecule has 0 atom stereocenters. The van der Waals surface area contributed by atoms with E-state index in [1.807, 2.05) is 25.7 Å². The lowest BCUT2D eigenvalue weighted by atomic mass is 10.1.